The number of hydrogen-bond donors (Lipinski definition) is 1. The highest BCUT2D eigenvalue weighted by molar-refractivity contribution is 5.78. The molecule has 0 bridgehead atoms. The molecule has 11 nitrogen and oxygen atoms in total. The van der Waals surface area contributed by atoms with E-state index in [1.54, 1.807) is 33.4 Å². The quantitative estimate of drug-likeness (QED) is 0.417. The molecule has 11 heteroatoms. The lowest BCUT2D eigenvalue weighted by Gasteiger charge is -2.28. The molecule has 2 amide bonds. The van der Waals surface area contributed by atoms with E-state index in [-0.39, 0.29) is 29.5 Å². The summed E-state index contributed by atoms with van der Waals surface area (Å²) in [6, 6.07) is 11.0. The smallest absolute Gasteiger partial charge is 0.415 e. The molecule has 2 aromatic rings. The molecule has 216 valence electrons. The topological polar surface area (TPSA) is 116 Å². The maximum absolute atomic E-state index is 12.7. The van der Waals surface area contributed by atoms with E-state index in [9.17, 15) is 14.4 Å². The van der Waals surface area contributed by atoms with Crippen LogP contribution in [-0.4, -0.2) is 95.5 Å². The van der Waals surface area contributed by atoms with Gasteiger partial charge in [0.15, 0.2) is 23.0 Å². The Hall–Kier alpha value is -3.99. The minimum Gasteiger partial charge on any atom is -0.493 e. The second kappa shape index (κ2) is 13.4. The van der Waals surface area contributed by atoms with Crippen molar-refractivity contribution in [2.75, 3.05) is 67.7 Å². The van der Waals surface area contributed by atoms with E-state index in [1.165, 1.54) is 12.0 Å². The molecule has 0 radical (unpaired) electrons. The third kappa shape index (κ3) is 7.15. The summed E-state index contributed by atoms with van der Waals surface area (Å²) in [7, 11) is 6.34. The van der Waals surface area contributed by atoms with E-state index in [0.717, 1.165) is 17.7 Å². The molecular weight excluding hydrogens is 518 g/mol. The van der Waals surface area contributed by atoms with Gasteiger partial charge in [-0.15, -0.1) is 0 Å². The molecule has 4 rings (SSSR count). The second-order valence-electron chi connectivity index (χ2n) is 10.00. The zero-order valence-electron chi connectivity index (χ0n) is 23.4. The third-order valence-electron chi connectivity index (χ3n) is 7.32. The Labute approximate surface area is 234 Å². The van der Waals surface area contributed by atoms with Gasteiger partial charge in [-0.05, 0) is 48.2 Å². The number of piperazine rings is 1. The Morgan fingerprint density at radius 2 is 1.62 bits per heavy atom. The van der Waals surface area contributed by atoms with E-state index in [4.69, 9.17) is 23.7 Å². The van der Waals surface area contributed by atoms with Crippen molar-refractivity contribution >= 4 is 18.0 Å². The van der Waals surface area contributed by atoms with E-state index in [0.29, 0.717) is 62.9 Å². The van der Waals surface area contributed by atoms with Crippen LogP contribution in [0.25, 0.3) is 0 Å². The number of ether oxygens (including phenoxy) is 5. The number of likely N-dealkylation sites (N-methyl/N-ethyl adjacent to an activating group) is 1. The minimum absolute atomic E-state index is 0.00581. The van der Waals surface area contributed by atoms with Crippen LogP contribution in [0, 0.1) is 11.8 Å². The van der Waals surface area contributed by atoms with Crippen LogP contribution in [0.15, 0.2) is 36.4 Å². The van der Waals surface area contributed by atoms with E-state index < -0.39 is 6.09 Å². The van der Waals surface area contributed by atoms with Crippen molar-refractivity contribution in [1.29, 1.82) is 0 Å². The van der Waals surface area contributed by atoms with E-state index in [1.807, 2.05) is 29.2 Å². The van der Waals surface area contributed by atoms with Gasteiger partial charge in [0.05, 0.1) is 40.4 Å². The standard InChI is InChI=1S/C29H37N3O8/c1-31(11-12-32-10-9-30-27(33)17-32)29(35)40-24-8-6-20(16-26(24)38-4)14-22-21(18-39-28(22)34)13-19-5-7-23(36-2)25(15-19)37-3/h5-8,15-16,21-22H,9-14,17-18H2,1-4H3,(H,30,33)/t21-,22+/m0/s1. The lowest BCUT2D eigenvalue weighted by Crippen LogP contribution is -2.49. The average molecular weight is 556 g/mol. The van der Waals surface area contributed by atoms with Crippen LogP contribution in [0.4, 0.5) is 4.79 Å². The number of amides is 2. The number of esters is 1. The maximum atomic E-state index is 12.7. The van der Waals surface area contributed by atoms with Gasteiger partial charge in [0.2, 0.25) is 5.91 Å². The summed E-state index contributed by atoms with van der Waals surface area (Å²) >= 11 is 0. The monoisotopic (exact) mass is 555 g/mol. The molecule has 0 aromatic heterocycles. The molecule has 2 aliphatic heterocycles. The van der Waals surface area contributed by atoms with Gasteiger partial charge in [-0.1, -0.05) is 12.1 Å². The largest absolute Gasteiger partial charge is 0.493 e. The number of rotatable bonds is 11. The normalized spacial score (nSPS) is 19.0. The number of cyclic esters (lactones) is 1. The zero-order chi connectivity index (χ0) is 28.6. The zero-order valence-corrected chi connectivity index (χ0v) is 23.4. The highest BCUT2D eigenvalue weighted by Crippen LogP contribution is 2.35. The first-order valence-corrected chi connectivity index (χ1v) is 13.3. The summed E-state index contributed by atoms with van der Waals surface area (Å²) in [5.41, 5.74) is 1.90. The highest BCUT2D eigenvalue weighted by atomic mass is 16.6. The Bertz CT molecular complexity index is 1220. The summed E-state index contributed by atoms with van der Waals surface area (Å²) in [4.78, 5) is 40.4. The predicted octanol–water partition coefficient (Wildman–Crippen LogP) is 2.15. The Morgan fingerprint density at radius 1 is 0.975 bits per heavy atom. The van der Waals surface area contributed by atoms with Crippen LogP contribution in [0.5, 0.6) is 23.0 Å². The number of nitrogens with one attached hydrogen (secondary N) is 1. The Morgan fingerprint density at radius 3 is 2.30 bits per heavy atom. The molecule has 2 atom stereocenters. The van der Waals surface area contributed by atoms with Gasteiger partial charge >= 0.3 is 12.1 Å². The van der Waals surface area contributed by atoms with Gasteiger partial charge in [-0.2, -0.15) is 0 Å². The Kier molecular flexibility index (Phi) is 9.70. The van der Waals surface area contributed by atoms with Gasteiger partial charge < -0.3 is 33.9 Å². The van der Waals surface area contributed by atoms with Crippen LogP contribution in [-0.2, 0) is 27.2 Å². The molecule has 2 saturated heterocycles. The fraction of sp³-hybridized carbons (Fsp3) is 0.483. The molecule has 1 N–H and O–H groups in total. The fourth-order valence-electron chi connectivity index (χ4n) is 4.98. The lowest BCUT2D eigenvalue weighted by atomic mass is 9.85. The minimum atomic E-state index is -0.526. The average Bonchev–Trinajstić information content (AvgIpc) is 3.30. The number of nitrogens with zero attached hydrogens (tertiary/aromatic N) is 2. The number of carbonyl (C=O) groups excluding carboxylic acids is 3. The number of methoxy groups -OCH3 is 3. The molecule has 0 saturated carbocycles. The van der Waals surface area contributed by atoms with Gasteiger partial charge in [0, 0.05) is 39.1 Å². The summed E-state index contributed by atoms with van der Waals surface area (Å²) in [5.74, 6) is 1.40. The lowest BCUT2D eigenvalue weighted by molar-refractivity contribution is -0.141. The number of benzene rings is 2. The first kappa shape index (κ1) is 29.0. The molecule has 2 heterocycles. The van der Waals surface area contributed by atoms with Gasteiger partial charge in [0.25, 0.3) is 0 Å². The summed E-state index contributed by atoms with van der Waals surface area (Å²) in [6.07, 6.45) is 0.588. The molecule has 0 aliphatic carbocycles. The first-order valence-electron chi connectivity index (χ1n) is 13.3. The number of hydrogen-bond acceptors (Lipinski definition) is 9. The number of carbonyl (C=O) groups is 3. The van der Waals surface area contributed by atoms with Crippen molar-refractivity contribution < 1.29 is 38.1 Å². The third-order valence-corrected chi connectivity index (χ3v) is 7.32. The van der Waals surface area contributed by atoms with Gasteiger partial charge in [-0.25, -0.2) is 4.79 Å². The van der Waals surface area contributed by atoms with Crippen LogP contribution in [0.1, 0.15) is 11.1 Å². The van der Waals surface area contributed by atoms with Crippen molar-refractivity contribution in [1.82, 2.24) is 15.1 Å². The first-order chi connectivity index (χ1) is 19.3. The van der Waals surface area contributed by atoms with Crippen molar-refractivity contribution in [3.05, 3.63) is 47.5 Å². The molecule has 2 fully saturated rings. The highest BCUT2D eigenvalue weighted by Gasteiger charge is 2.37. The van der Waals surface area contributed by atoms with Crippen LogP contribution < -0.4 is 24.3 Å². The van der Waals surface area contributed by atoms with Crippen molar-refractivity contribution in [3.8, 4) is 23.0 Å². The molecule has 0 unspecified atom stereocenters. The van der Waals surface area contributed by atoms with Crippen molar-refractivity contribution in [2.45, 2.75) is 12.8 Å². The van der Waals surface area contributed by atoms with Crippen LogP contribution >= 0.6 is 0 Å². The maximum Gasteiger partial charge on any atom is 0.415 e. The predicted molar refractivity (Wildman–Crippen MR) is 146 cm³/mol. The van der Waals surface area contributed by atoms with E-state index in [2.05, 4.69) is 5.32 Å². The SMILES string of the molecule is COc1ccc(C[C@H]2COC(=O)[C@@H]2Cc2ccc(OC(=O)N(C)CCN3CCNC(=O)C3)c(OC)c2)cc1OC. The van der Waals surface area contributed by atoms with Gasteiger partial charge in [0.1, 0.15) is 0 Å². The summed E-state index contributed by atoms with van der Waals surface area (Å²) in [6.45, 7) is 3.00. The van der Waals surface area contributed by atoms with Crippen LogP contribution in [0.3, 0.4) is 0 Å². The fourth-order valence-corrected chi connectivity index (χ4v) is 4.98. The summed E-state index contributed by atoms with van der Waals surface area (Å²) in [5, 5.41) is 2.78. The molecular formula is C29H37N3O8. The van der Waals surface area contributed by atoms with Crippen molar-refractivity contribution in [3.63, 3.8) is 0 Å². The Balaban J connectivity index is 1.37. The molecule has 2 aromatic carbocycles. The van der Waals surface area contributed by atoms with Crippen LogP contribution in [0.2, 0.25) is 0 Å². The van der Waals surface area contributed by atoms with Gasteiger partial charge in [-0.3, -0.25) is 14.5 Å². The molecule has 0 spiro atoms. The molecule has 2 aliphatic rings. The van der Waals surface area contributed by atoms with Crippen molar-refractivity contribution in [2.24, 2.45) is 11.8 Å². The summed E-state index contributed by atoms with van der Waals surface area (Å²) < 4.78 is 27.3. The second-order valence-corrected chi connectivity index (χ2v) is 10.00. The van der Waals surface area contributed by atoms with E-state index >= 15 is 0 Å². The molecule has 40 heavy (non-hydrogen) atoms.